The van der Waals surface area contributed by atoms with Gasteiger partial charge < -0.3 is 0 Å². The molecule has 4 nitrogen and oxygen atoms in total. The van der Waals surface area contributed by atoms with E-state index in [1.165, 1.54) is 16.5 Å². The van der Waals surface area contributed by atoms with Crippen molar-refractivity contribution in [2.24, 2.45) is 0 Å². The number of pyridine rings is 2. The number of hydrogen-bond acceptors (Lipinski definition) is 3. The molecule has 4 heteroatoms. The lowest BCUT2D eigenvalue weighted by atomic mass is 9.80. The van der Waals surface area contributed by atoms with Crippen LogP contribution in [0.4, 0.5) is 0 Å². The van der Waals surface area contributed by atoms with Crippen LogP contribution in [-0.4, -0.2) is 19.7 Å². The van der Waals surface area contributed by atoms with Gasteiger partial charge >= 0.3 is 0 Å². The van der Waals surface area contributed by atoms with Gasteiger partial charge in [0.25, 0.3) is 0 Å². The molecule has 12 aromatic rings. The van der Waals surface area contributed by atoms with Crippen LogP contribution in [-0.2, 0) is 0 Å². The fourth-order valence-corrected chi connectivity index (χ4v) is 9.31. The number of fused-ring (bicyclic) bond motifs is 8. The van der Waals surface area contributed by atoms with Crippen molar-refractivity contribution in [1.82, 2.24) is 19.7 Å². The molecule has 0 amide bonds. The quantitative estimate of drug-likeness (QED) is 0.130. The molecule has 0 aliphatic rings. The van der Waals surface area contributed by atoms with E-state index in [0.717, 1.165) is 99.0 Å². The number of benzene rings is 9. The summed E-state index contributed by atoms with van der Waals surface area (Å²) in [5.74, 6) is 0. The van der Waals surface area contributed by atoms with Gasteiger partial charge in [-0.3, -0.25) is 4.98 Å². The molecule has 0 radical (unpaired) electrons. The smallest absolute Gasteiger partial charge is 0.101 e. The average Bonchev–Trinajstić information content (AvgIpc) is 3.72. The number of hydrogen-bond donors (Lipinski definition) is 0. The number of nitrogens with zero attached hydrogens (tertiary/aromatic N) is 4. The second-order valence-electron chi connectivity index (χ2n) is 15.1. The maximum absolute atomic E-state index is 5.53. The highest BCUT2D eigenvalue weighted by Gasteiger charge is 2.28. The molecule has 3 aromatic heterocycles. The SMILES string of the molecule is c1ccc(-c2nn(-c3ccccc3)c3c2c(-c2ccccc2)c(-c2c4ccccc4c(-c4ccc5ccc6cccnc6c5n4)c4ccccc24)c2ccccc23)cc1. The zero-order valence-electron chi connectivity index (χ0n) is 31.9. The third-order valence-corrected chi connectivity index (χ3v) is 11.8. The van der Waals surface area contributed by atoms with Crippen molar-refractivity contribution < 1.29 is 0 Å². The zero-order chi connectivity index (χ0) is 38.9. The molecule has 0 atom stereocenters. The lowest BCUT2D eigenvalue weighted by Crippen LogP contribution is -1.99. The maximum atomic E-state index is 5.53. The van der Waals surface area contributed by atoms with Crippen LogP contribution in [0.2, 0.25) is 0 Å². The third kappa shape index (κ3) is 5.13. The molecule has 0 aliphatic heterocycles. The van der Waals surface area contributed by atoms with Gasteiger partial charge in [-0.25, -0.2) is 9.67 Å². The van der Waals surface area contributed by atoms with Gasteiger partial charge in [-0.1, -0.05) is 176 Å². The minimum Gasteiger partial charge on any atom is -0.254 e. The average molecular weight is 751 g/mol. The molecule has 0 unspecified atom stereocenters. The number of para-hydroxylation sites is 1. The Balaban J connectivity index is 1.28. The summed E-state index contributed by atoms with van der Waals surface area (Å²) in [6.07, 6.45) is 1.86. The molecular formula is C55H34N4. The fourth-order valence-electron chi connectivity index (χ4n) is 9.31. The Kier molecular flexibility index (Phi) is 7.50. The van der Waals surface area contributed by atoms with Crippen LogP contribution in [0.3, 0.4) is 0 Å². The molecule has 9 aromatic carbocycles. The molecule has 3 heterocycles. The van der Waals surface area contributed by atoms with E-state index in [9.17, 15) is 0 Å². The Morgan fingerprint density at radius 3 is 1.51 bits per heavy atom. The van der Waals surface area contributed by atoms with Gasteiger partial charge in [-0.15, -0.1) is 0 Å². The predicted octanol–water partition coefficient (Wildman–Crippen LogP) is 14.2. The Labute approximate surface area is 340 Å². The summed E-state index contributed by atoms with van der Waals surface area (Å²) in [4.78, 5) is 10.2. The van der Waals surface area contributed by atoms with Gasteiger partial charge in [0.15, 0.2) is 0 Å². The third-order valence-electron chi connectivity index (χ3n) is 11.8. The van der Waals surface area contributed by atoms with E-state index >= 15 is 0 Å². The molecule has 0 fully saturated rings. The van der Waals surface area contributed by atoms with Crippen LogP contribution in [0.15, 0.2) is 206 Å². The standard InChI is InChI=1S/C55H34N4/c1-4-17-35(18-5-1)47-50(44-28-14-15-29-45(44)55-51(47)52(36-19-6-2-7-20-36)58-59(55)39-22-8-3-9-23-39)49-42-26-12-10-24-40(42)48(41-25-11-13-27-43(41)49)46-33-32-38-31-30-37-21-16-34-56-53(37)54(38)57-46/h1-34H. The van der Waals surface area contributed by atoms with Gasteiger partial charge in [0.1, 0.15) is 5.69 Å². The highest BCUT2D eigenvalue weighted by Crippen LogP contribution is 2.52. The van der Waals surface area contributed by atoms with Crippen molar-refractivity contribution in [2.75, 3.05) is 0 Å². The topological polar surface area (TPSA) is 43.6 Å². The Hall–Kier alpha value is -7.95. The monoisotopic (exact) mass is 750 g/mol. The van der Waals surface area contributed by atoms with Crippen molar-refractivity contribution in [3.05, 3.63) is 206 Å². The predicted molar refractivity (Wildman–Crippen MR) is 246 cm³/mol. The van der Waals surface area contributed by atoms with Crippen LogP contribution in [0, 0.1) is 0 Å². The number of rotatable bonds is 5. The van der Waals surface area contributed by atoms with Crippen LogP contribution in [0.1, 0.15) is 0 Å². The molecule has 0 saturated carbocycles. The minimum atomic E-state index is 0.907. The van der Waals surface area contributed by atoms with Crippen molar-refractivity contribution >= 4 is 65.0 Å². The van der Waals surface area contributed by atoms with Gasteiger partial charge in [0, 0.05) is 44.4 Å². The van der Waals surface area contributed by atoms with Gasteiger partial charge in [0.05, 0.1) is 27.9 Å². The van der Waals surface area contributed by atoms with E-state index in [-0.39, 0.29) is 0 Å². The van der Waals surface area contributed by atoms with E-state index in [1.54, 1.807) is 0 Å². The fraction of sp³-hybridized carbons (Fsp3) is 0. The van der Waals surface area contributed by atoms with E-state index in [0.29, 0.717) is 0 Å². The van der Waals surface area contributed by atoms with Crippen LogP contribution in [0.5, 0.6) is 0 Å². The molecule has 0 spiro atoms. The van der Waals surface area contributed by atoms with Crippen LogP contribution >= 0.6 is 0 Å². The second-order valence-corrected chi connectivity index (χ2v) is 15.1. The molecule has 59 heavy (non-hydrogen) atoms. The highest BCUT2D eigenvalue weighted by molar-refractivity contribution is 6.30. The Bertz CT molecular complexity index is 3540. The van der Waals surface area contributed by atoms with Crippen LogP contribution in [0.25, 0.3) is 115 Å². The zero-order valence-corrected chi connectivity index (χ0v) is 31.9. The summed E-state index contributed by atoms with van der Waals surface area (Å²) in [5.41, 5.74) is 12.6. The molecule has 0 bridgehead atoms. The largest absolute Gasteiger partial charge is 0.254 e. The second kappa shape index (κ2) is 13.3. The molecule has 0 saturated heterocycles. The van der Waals surface area contributed by atoms with Crippen molar-refractivity contribution in [2.45, 2.75) is 0 Å². The molecule has 0 aliphatic carbocycles. The van der Waals surface area contributed by atoms with Gasteiger partial charge in [-0.2, -0.15) is 5.10 Å². The summed E-state index contributed by atoms with van der Waals surface area (Å²) in [7, 11) is 0. The van der Waals surface area contributed by atoms with Crippen molar-refractivity contribution in [3.8, 4) is 50.5 Å². The van der Waals surface area contributed by atoms with Crippen molar-refractivity contribution in [3.63, 3.8) is 0 Å². The first kappa shape index (κ1) is 33.2. The van der Waals surface area contributed by atoms with Gasteiger partial charge in [0.2, 0.25) is 0 Å². The lowest BCUT2D eigenvalue weighted by Gasteiger charge is -2.22. The van der Waals surface area contributed by atoms with E-state index in [4.69, 9.17) is 15.1 Å². The molecule has 274 valence electrons. The first-order valence-electron chi connectivity index (χ1n) is 20.0. The maximum Gasteiger partial charge on any atom is 0.101 e. The summed E-state index contributed by atoms with van der Waals surface area (Å²) >= 11 is 0. The van der Waals surface area contributed by atoms with Crippen LogP contribution < -0.4 is 0 Å². The highest BCUT2D eigenvalue weighted by atomic mass is 15.3. The Morgan fingerprint density at radius 1 is 0.356 bits per heavy atom. The Morgan fingerprint density at radius 2 is 0.864 bits per heavy atom. The van der Waals surface area contributed by atoms with Gasteiger partial charge in [-0.05, 0) is 67.9 Å². The summed E-state index contributed by atoms with van der Waals surface area (Å²) < 4.78 is 2.15. The molecular weight excluding hydrogens is 717 g/mol. The first-order chi connectivity index (χ1) is 29.3. The minimum absolute atomic E-state index is 0.907. The summed E-state index contributed by atoms with van der Waals surface area (Å²) in [6.45, 7) is 0. The number of aromatic nitrogens is 4. The first-order valence-corrected chi connectivity index (χ1v) is 20.0. The molecule has 0 N–H and O–H groups in total. The van der Waals surface area contributed by atoms with Crippen molar-refractivity contribution in [1.29, 1.82) is 0 Å². The normalized spacial score (nSPS) is 11.7. The summed E-state index contributed by atoms with van der Waals surface area (Å²) in [5, 5.41) is 15.7. The van der Waals surface area contributed by atoms with E-state index in [2.05, 4.69) is 199 Å². The summed E-state index contributed by atoms with van der Waals surface area (Å²) in [6, 6.07) is 71.4. The lowest BCUT2D eigenvalue weighted by molar-refractivity contribution is 0.918. The van der Waals surface area contributed by atoms with E-state index < -0.39 is 0 Å². The molecule has 12 rings (SSSR count). The van der Waals surface area contributed by atoms with E-state index in [1.807, 2.05) is 12.3 Å².